The summed E-state index contributed by atoms with van der Waals surface area (Å²) < 4.78 is 0. The molecule has 1 atom stereocenters. The van der Waals surface area contributed by atoms with Gasteiger partial charge in [0.1, 0.15) is 0 Å². The van der Waals surface area contributed by atoms with Crippen LogP contribution < -0.4 is 10.2 Å². The molecule has 0 saturated carbocycles. The first-order chi connectivity index (χ1) is 12.6. The van der Waals surface area contributed by atoms with E-state index in [-0.39, 0.29) is 24.2 Å². The summed E-state index contributed by atoms with van der Waals surface area (Å²) in [5.41, 5.74) is 2.74. The number of anilines is 2. The molecule has 3 aromatic carbocycles. The third kappa shape index (κ3) is 3.06. The molecule has 1 saturated heterocycles. The Balaban J connectivity index is 1.53. The molecule has 0 radical (unpaired) electrons. The van der Waals surface area contributed by atoms with Crippen LogP contribution in [0.5, 0.6) is 0 Å². The summed E-state index contributed by atoms with van der Waals surface area (Å²) in [7, 11) is 0. The zero-order valence-corrected chi connectivity index (χ0v) is 14.6. The summed E-state index contributed by atoms with van der Waals surface area (Å²) in [6, 6.07) is 21.6. The average molecular weight is 344 g/mol. The van der Waals surface area contributed by atoms with Crippen molar-refractivity contribution in [2.24, 2.45) is 5.92 Å². The Kier molecular flexibility index (Phi) is 4.17. The maximum absolute atomic E-state index is 12.8. The highest BCUT2D eigenvalue weighted by Crippen LogP contribution is 2.28. The fourth-order valence-corrected chi connectivity index (χ4v) is 3.50. The van der Waals surface area contributed by atoms with Crippen LogP contribution in [-0.4, -0.2) is 18.4 Å². The highest BCUT2D eigenvalue weighted by Gasteiger charge is 2.35. The quantitative estimate of drug-likeness (QED) is 0.776. The molecule has 1 aliphatic rings. The van der Waals surface area contributed by atoms with Crippen LogP contribution in [0.15, 0.2) is 66.7 Å². The molecule has 4 heteroatoms. The van der Waals surface area contributed by atoms with E-state index in [1.165, 1.54) is 0 Å². The van der Waals surface area contributed by atoms with Crippen LogP contribution in [0.25, 0.3) is 10.8 Å². The Morgan fingerprint density at radius 1 is 1.04 bits per heavy atom. The summed E-state index contributed by atoms with van der Waals surface area (Å²) in [6.45, 7) is 2.41. The Bertz CT molecular complexity index is 991. The molecule has 26 heavy (non-hydrogen) atoms. The van der Waals surface area contributed by atoms with Gasteiger partial charge in [0.05, 0.1) is 5.92 Å². The van der Waals surface area contributed by atoms with Crippen LogP contribution in [0, 0.1) is 12.8 Å². The van der Waals surface area contributed by atoms with Gasteiger partial charge in [-0.15, -0.1) is 0 Å². The smallest absolute Gasteiger partial charge is 0.229 e. The molecule has 0 aromatic heterocycles. The molecule has 0 unspecified atom stereocenters. The number of aryl methyl sites for hydroxylation is 1. The van der Waals surface area contributed by atoms with Gasteiger partial charge in [-0.2, -0.15) is 0 Å². The SMILES string of the molecule is Cc1cccc(N2C[C@@H](C(=O)Nc3cccc4ccccc34)CC2=O)c1. The van der Waals surface area contributed by atoms with E-state index in [4.69, 9.17) is 0 Å². The van der Waals surface area contributed by atoms with Crippen LogP contribution in [0.2, 0.25) is 0 Å². The van der Waals surface area contributed by atoms with Gasteiger partial charge >= 0.3 is 0 Å². The Morgan fingerprint density at radius 2 is 1.81 bits per heavy atom. The number of rotatable bonds is 3. The van der Waals surface area contributed by atoms with Gasteiger partial charge in [0.2, 0.25) is 11.8 Å². The molecular formula is C22H20N2O2. The van der Waals surface area contributed by atoms with Crippen molar-refractivity contribution in [3.63, 3.8) is 0 Å². The van der Waals surface area contributed by atoms with E-state index in [0.29, 0.717) is 6.54 Å². The van der Waals surface area contributed by atoms with E-state index in [1.807, 2.05) is 73.7 Å². The zero-order chi connectivity index (χ0) is 18.1. The third-order valence-corrected chi connectivity index (χ3v) is 4.86. The zero-order valence-electron chi connectivity index (χ0n) is 14.6. The van der Waals surface area contributed by atoms with Crippen molar-refractivity contribution < 1.29 is 9.59 Å². The lowest BCUT2D eigenvalue weighted by Gasteiger charge is -2.17. The first-order valence-corrected chi connectivity index (χ1v) is 8.77. The lowest BCUT2D eigenvalue weighted by Crippen LogP contribution is -2.28. The molecule has 0 spiro atoms. The van der Waals surface area contributed by atoms with Gasteiger partial charge in [-0.1, -0.05) is 48.5 Å². The molecule has 1 fully saturated rings. The highest BCUT2D eigenvalue weighted by molar-refractivity contribution is 6.07. The summed E-state index contributed by atoms with van der Waals surface area (Å²) >= 11 is 0. The van der Waals surface area contributed by atoms with Gasteiger partial charge in [0.15, 0.2) is 0 Å². The van der Waals surface area contributed by atoms with E-state index < -0.39 is 0 Å². The number of hydrogen-bond acceptors (Lipinski definition) is 2. The maximum Gasteiger partial charge on any atom is 0.229 e. The number of amides is 2. The van der Waals surface area contributed by atoms with E-state index in [1.54, 1.807) is 4.90 Å². The van der Waals surface area contributed by atoms with Crippen molar-refractivity contribution >= 4 is 34.0 Å². The van der Waals surface area contributed by atoms with Crippen molar-refractivity contribution in [2.45, 2.75) is 13.3 Å². The van der Waals surface area contributed by atoms with E-state index in [9.17, 15) is 9.59 Å². The van der Waals surface area contributed by atoms with Crippen molar-refractivity contribution in [3.05, 3.63) is 72.3 Å². The van der Waals surface area contributed by atoms with Gasteiger partial charge < -0.3 is 10.2 Å². The third-order valence-electron chi connectivity index (χ3n) is 4.86. The second kappa shape index (κ2) is 6.64. The second-order valence-electron chi connectivity index (χ2n) is 6.76. The van der Waals surface area contributed by atoms with Gasteiger partial charge in [-0.05, 0) is 36.1 Å². The van der Waals surface area contributed by atoms with Crippen molar-refractivity contribution in [2.75, 3.05) is 16.8 Å². The number of nitrogens with one attached hydrogen (secondary N) is 1. The number of carbonyl (C=O) groups excluding carboxylic acids is 2. The predicted octanol–water partition coefficient (Wildman–Crippen LogP) is 4.14. The fraction of sp³-hybridized carbons (Fsp3) is 0.182. The number of fused-ring (bicyclic) bond motifs is 1. The van der Waals surface area contributed by atoms with Crippen LogP contribution >= 0.6 is 0 Å². The van der Waals surface area contributed by atoms with E-state index in [0.717, 1.165) is 27.7 Å². The first kappa shape index (κ1) is 16.3. The lowest BCUT2D eigenvalue weighted by molar-refractivity contribution is -0.122. The normalized spacial score (nSPS) is 16.9. The minimum atomic E-state index is -0.345. The van der Waals surface area contributed by atoms with Crippen LogP contribution in [-0.2, 0) is 9.59 Å². The van der Waals surface area contributed by atoms with E-state index in [2.05, 4.69) is 5.32 Å². The van der Waals surface area contributed by atoms with Gasteiger partial charge in [0, 0.05) is 29.7 Å². The molecule has 4 nitrogen and oxygen atoms in total. The molecular weight excluding hydrogens is 324 g/mol. The summed E-state index contributed by atoms with van der Waals surface area (Å²) in [5, 5.41) is 5.09. The number of nitrogens with zero attached hydrogens (tertiary/aromatic N) is 1. The highest BCUT2D eigenvalue weighted by atomic mass is 16.2. The fourth-order valence-electron chi connectivity index (χ4n) is 3.50. The van der Waals surface area contributed by atoms with E-state index >= 15 is 0 Å². The largest absolute Gasteiger partial charge is 0.325 e. The summed E-state index contributed by atoms with van der Waals surface area (Å²) in [6.07, 6.45) is 0.241. The molecule has 0 aliphatic carbocycles. The van der Waals surface area contributed by atoms with Crippen LogP contribution in [0.1, 0.15) is 12.0 Å². The first-order valence-electron chi connectivity index (χ1n) is 8.77. The van der Waals surface area contributed by atoms with Crippen molar-refractivity contribution in [3.8, 4) is 0 Å². The van der Waals surface area contributed by atoms with Crippen molar-refractivity contribution in [1.82, 2.24) is 0 Å². The Labute approximate surface area is 152 Å². The molecule has 130 valence electrons. The second-order valence-corrected chi connectivity index (χ2v) is 6.76. The topological polar surface area (TPSA) is 49.4 Å². The van der Waals surface area contributed by atoms with Crippen LogP contribution in [0.4, 0.5) is 11.4 Å². The van der Waals surface area contributed by atoms with Gasteiger partial charge in [-0.25, -0.2) is 0 Å². The molecule has 2 amide bonds. The molecule has 0 bridgehead atoms. The van der Waals surface area contributed by atoms with Gasteiger partial charge in [-0.3, -0.25) is 9.59 Å². The number of carbonyl (C=O) groups is 2. The standard InChI is InChI=1S/C22H20N2O2/c1-15-6-4-9-18(12-15)24-14-17(13-21(24)25)22(26)23-20-11-5-8-16-7-2-3-10-19(16)20/h2-12,17H,13-14H2,1H3,(H,23,26)/t17-/m0/s1. The monoisotopic (exact) mass is 344 g/mol. The Hall–Kier alpha value is -3.14. The molecule has 1 heterocycles. The average Bonchev–Trinajstić information content (AvgIpc) is 3.04. The van der Waals surface area contributed by atoms with Crippen LogP contribution in [0.3, 0.4) is 0 Å². The molecule has 4 rings (SSSR count). The van der Waals surface area contributed by atoms with Crippen molar-refractivity contribution in [1.29, 1.82) is 0 Å². The minimum Gasteiger partial charge on any atom is -0.325 e. The minimum absolute atomic E-state index is 0.00586. The molecule has 1 aliphatic heterocycles. The lowest BCUT2D eigenvalue weighted by atomic mass is 10.1. The predicted molar refractivity (Wildman–Crippen MR) is 104 cm³/mol. The summed E-state index contributed by atoms with van der Waals surface area (Å²) in [4.78, 5) is 26.9. The summed E-state index contributed by atoms with van der Waals surface area (Å²) in [5.74, 6) is -0.458. The number of benzene rings is 3. The number of hydrogen-bond donors (Lipinski definition) is 1. The molecule has 1 N–H and O–H groups in total. The maximum atomic E-state index is 12.8. The Morgan fingerprint density at radius 3 is 2.65 bits per heavy atom. The van der Waals surface area contributed by atoms with Gasteiger partial charge in [0.25, 0.3) is 0 Å². The molecule has 3 aromatic rings.